The van der Waals surface area contributed by atoms with Crippen molar-refractivity contribution < 1.29 is 9.18 Å². The van der Waals surface area contributed by atoms with E-state index >= 15 is 0 Å². The Morgan fingerprint density at radius 2 is 2.00 bits per heavy atom. The number of benzene rings is 1. The van der Waals surface area contributed by atoms with Crippen LogP contribution < -0.4 is 16.2 Å². The fraction of sp³-hybridized carbons (Fsp3) is 0.222. The zero-order valence-electron chi connectivity index (χ0n) is 15.0. The predicted molar refractivity (Wildman–Crippen MR) is 105 cm³/mol. The van der Waals surface area contributed by atoms with Crippen molar-refractivity contribution in [3.63, 3.8) is 0 Å². The van der Waals surface area contributed by atoms with Crippen molar-refractivity contribution in [1.29, 1.82) is 0 Å². The SMILES string of the molecule is Cn1c(=O)c2sccc2n2c(CN(CCC(N)=O)c3ccc(F)cc3)nnc12. The number of halogens is 1. The van der Waals surface area contributed by atoms with Crippen LogP contribution in [0.2, 0.25) is 0 Å². The van der Waals surface area contributed by atoms with Crippen LogP contribution in [0.3, 0.4) is 0 Å². The number of primary amides is 1. The molecule has 0 aliphatic heterocycles. The number of aromatic nitrogens is 4. The molecule has 0 spiro atoms. The van der Waals surface area contributed by atoms with Crippen LogP contribution in [-0.2, 0) is 18.4 Å². The molecule has 1 aromatic carbocycles. The molecule has 0 fully saturated rings. The summed E-state index contributed by atoms with van der Waals surface area (Å²) in [5.74, 6) is 0.255. The topological polar surface area (TPSA) is 98.5 Å². The number of hydrogen-bond donors (Lipinski definition) is 1. The lowest BCUT2D eigenvalue weighted by Crippen LogP contribution is -2.29. The van der Waals surface area contributed by atoms with Gasteiger partial charge in [-0.05, 0) is 35.7 Å². The summed E-state index contributed by atoms with van der Waals surface area (Å²) in [5, 5.41) is 10.3. The van der Waals surface area contributed by atoms with Gasteiger partial charge in [0.15, 0.2) is 5.82 Å². The van der Waals surface area contributed by atoms with Gasteiger partial charge in [0.05, 0.1) is 12.1 Å². The largest absolute Gasteiger partial charge is 0.370 e. The number of nitrogens with two attached hydrogens (primary N) is 1. The second kappa shape index (κ2) is 7.04. The maximum absolute atomic E-state index is 13.3. The maximum Gasteiger partial charge on any atom is 0.272 e. The summed E-state index contributed by atoms with van der Waals surface area (Å²) in [4.78, 5) is 25.6. The van der Waals surface area contributed by atoms with Crippen molar-refractivity contribution in [1.82, 2.24) is 19.2 Å². The summed E-state index contributed by atoms with van der Waals surface area (Å²) in [5.41, 5.74) is 6.64. The van der Waals surface area contributed by atoms with E-state index in [1.54, 1.807) is 19.2 Å². The maximum atomic E-state index is 13.3. The number of hydrogen-bond acceptors (Lipinski definition) is 6. The number of anilines is 1. The Balaban J connectivity index is 1.80. The highest BCUT2D eigenvalue weighted by Crippen LogP contribution is 2.22. The summed E-state index contributed by atoms with van der Waals surface area (Å²) < 4.78 is 17.2. The number of thiophene rings is 1. The summed E-state index contributed by atoms with van der Waals surface area (Å²) in [7, 11) is 1.65. The third-order valence-corrected chi connectivity index (χ3v) is 5.44. The van der Waals surface area contributed by atoms with E-state index in [-0.39, 0.29) is 17.8 Å². The lowest BCUT2D eigenvalue weighted by atomic mass is 10.2. The molecule has 2 N–H and O–H groups in total. The molecule has 144 valence electrons. The summed E-state index contributed by atoms with van der Waals surface area (Å²) in [6.07, 6.45) is 0.139. The van der Waals surface area contributed by atoms with E-state index in [1.807, 2.05) is 20.7 Å². The second-order valence-corrected chi connectivity index (χ2v) is 7.28. The Bertz CT molecular complexity index is 1230. The van der Waals surface area contributed by atoms with E-state index in [2.05, 4.69) is 10.2 Å². The molecule has 0 atom stereocenters. The number of amides is 1. The van der Waals surface area contributed by atoms with Crippen LogP contribution in [0.15, 0.2) is 40.5 Å². The van der Waals surface area contributed by atoms with Crippen molar-refractivity contribution in [2.45, 2.75) is 13.0 Å². The minimum absolute atomic E-state index is 0.124. The number of fused-ring (bicyclic) bond motifs is 3. The van der Waals surface area contributed by atoms with Gasteiger partial charge in [-0.3, -0.25) is 18.6 Å². The number of carbonyl (C=O) groups is 1. The molecule has 4 rings (SSSR count). The Morgan fingerprint density at radius 3 is 2.71 bits per heavy atom. The fourth-order valence-electron chi connectivity index (χ4n) is 3.12. The lowest BCUT2D eigenvalue weighted by molar-refractivity contribution is -0.117. The molecular formula is C18H17FN6O2S. The molecule has 4 aromatic rings. The van der Waals surface area contributed by atoms with E-state index in [0.717, 1.165) is 11.2 Å². The van der Waals surface area contributed by atoms with Crippen LogP contribution in [0.4, 0.5) is 10.1 Å². The molecule has 0 aliphatic rings. The first-order chi connectivity index (χ1) is 13.5. The van der Waals surface area contributed by atoms with Crippen molar-refractivity contribution in [2.24, 2.45) is 12.8 Å². The van der Waals surface area contributed by atoms with Crippen LogP contribution in [-0.4, -0.2) is 31.6 Å². The quantitative estimate of drug-likeness (QED) is 0.531. The van der Waals surface area contributed by atoms with Crippen LogP contribution in [0.5, 0.6) is 0 Å². The van der Waals surface area contributed by atoms with Gasteiger partial charge in [-0.2, -0.15) is 0 Å². The standard InChI is InChI=1S/C18H17FN6O2S/c1-23-17(27)16-13(7-9-28-16)25-15(21-22-18(23)25)10-24(8-6-14(20)26)12-4-2-11(19)3-5-12/h2-5,7,9H,6,8,10H2,1H3,(H2,20,26). The molecule has 8 nitrogen and oxygen atoms in total. The van der Waals surface area contributed by atoms with Crippen LogP contribution in [0.1, 0.15) is 12.2 Å². The van der Waals surface area contributed by atoms with Crippen molar-refractivity contribution in [3.05, 3.63) is 57.7 Å². The Labute approximate surface area is 162 Å². The first kappa shape index (κ1) is 18.1. The Kier molecular flexibility index (Phi) is 4.55. The highest BCUT2D eigenvalue weighted by atomic mass is 32.1. The average Bonchev–Trinajstić information content (AvgIpc) is 3.30. The Hall–Kier alpha value is -3.27. The molecule has 28 heavy (non-hydrogen) atoms. The van der Waals surface area contributed by atoms with Gasteiger partial charge in [-0.25, -0.2) is 4.39 Å². The summed E-state index contributed by atoms with van der Waals surface area (Å²) >= 11 is 1.36. The third kappa shape index (κ3) is 3.11. The van der Waals surface area contributed by atoms with Gasteiger partial charge in [-0.1, -0.05) is 0 Å². The first-order valence-corrected chi connectivity index (χ1v) is 9.42. The first-order valence-electron chi connectivity index (χ1n) is 8.54. The third-order valence-electron chi connectivity index (χ3n) is 4.55. The van der Waals surface area contributed by atoms with Gasteiger partial charge in [0.1, 0.15) is 10.5 Å². The molecule has 3 heterocycles. The van der Waals surface area contributed by atoms with E-state index in [9.17, 15) is 14.0 Å². The smallest absolute Gasteiger partial charge is 0.272 e. The average molecular weight is 400 g/mol. The molecule has 0 saturated heterocycles. The predicted octanol–water partition coefficient (Wildman–Crippen LogP) is 1.66. The van der Waals surface area contributed by atoms with E-state index in [4.69, 9.17) is 5.73 Å². The Morgan fingerprint density at radius 1 is 1.25 bits per heavy atom. The van der Waals surface area contributed by atoms with Crippen molar-refractivity contribution in [3.8, 4) is 0 Å². The molecule has 0 bridgehead atoms. The molecule has 10 heteroatoms. The highest BCUT2D eigenvalue weighted by molar-refractivity contribution is 7.17. The minimum Gasteiger partial charge on any atom is -0.370 e. The van der Waals surface area contributed by atoms with E-state index in [1.165, 1.54) is 28.0 Å². The second-order valence-electron chi connectivity index (χ2n) is 6.37. The molecule has 1 amide bonds. The number of carbonyl (C=O) groups excluding carboxylic acids is 1. The number of aryl methyl sites for hydroxylation is 1. The van der Waals surface area contributed by atoms with Crippen molar-refractivity contribution >= 4 is 38.9 Å². The van der Waals surface area contributed by atoms with Gasteiger partial charge >= 0.3 is 0 Å². The monoisotopic (exact) mass is 400 g/mol. The zero-order chi connectivity index (χ0) is 19.8. The molecule has 0 unspecified atom stereocenters. The number of nitrogens with zero attached hydrogens (tertiary/aromatic N) is 5. The van der Waals surface area contributed by atoms with Crippen LogP contribution in [0.25, 0.3) is 16.0 Å². The van der Waals surface area contributed by atoms with E-state index in [0.29, 0.717) is 29.4 Å². The number of rotatable bonds is 6. The van der Waals surface area contributed by atoms with Gasteiger partial charge in [0, 0.05) is 25.7 Å². The van der Waals surface area contributed by atoms with Crippen molar-refractivity contribution in [2.75, 3.05) is 11.4 Å². The van der Waals surface area contributed by atoms with Gasteiger partial charge in [0.25, 0.3) is 5.56 Å². The zero-order valence-corrected chi connectivity index (χ0v) is 15.8. The van der Waals surface area contributed by atoms with Crippen LogP contribution >= 0.6 is 11.3 Å². The van der Waals surface area contributed by atoms with E-state index < -0.39 is 5.91 Å². The molecule has 0 aliphatic carbocycles. The van der Waals surface area contributed by atoms with Gasteiger partial charge in [-0.15, -0.1) is 21.5 Å². The fourth-order valence-corrected chi connectivity index (χ4v) is 3.97. The summed E-state index contributed by atoms with van der Waals surface area (Å²) in [6, 6.07) is 7.84. The van der Waals surface area contributed by atoms with Gasteiger partial charge < -0.3 is 10.6 Å². The normalized spacial score (nSPS) is 11.4. The minimum atomic E-state index is -0.430. The molecule has 3 aromatic heterocycles. The van der Waals surface area contributed by atoms with Gasteiger partial charge in [0.2, 0.25) is 11.7 Å². The molecule has 0 saturated carbocycles. The van der Waals surface area contributed by atoms with Crippen LogP contribution in [0, 0.1) is 5.82 Å². The molecular weight excluding hydrogens is 383 g/mol. The summed E-state index contributed by atoms with van der Waals surface area (Å²) in [6.45, 7) is 0.650. The lowest BCUT2D eigenvalue weighted by Gasteiger charge is -2.23. The highest BCUT2D eigenvalue weighted by Gasteiger charge is 2.18. The molecule has 0 radical (unpaired) electrons.